The predicted molar refractivity (Wildman–Crippen MR) is 38.3 cm³/mol. The number of carbonyl (C=O) groups is 2. The van der Waals surface area contributed by atoms with E-state index in [1.165, 1.54) is 6.92 Å². The van der Waals surface area contributed by atoms with E-state index < -0.39 is 30.7 Å². The molecule has 0 aliphatic rings. The van der Waals surface area contributed by atoms with Gasteiger partial charge >= 0.3 is 11.9 Å². The minimum atomic E-state index is -1.26. The van der Waals surface area contributed by atoms with E-state index in [1.807, 2.05) is 0 Å². The minimum absolute atomic E-state index is 0.431. The maximum atomic E-state index is 10.5. The highest BCUT2D eigenvalue weighted by Crippen LogP contribution is 1.88. The van der Waals surface area contributed by atoms with Crippen LogP contribution in [0.2, 0.25) is 0 Å². The SMILES string of the molecule is CC(O)C(=O)OCC(N)C(=O)O. The van der Waals surface area contributed by atoms with Crippen LogP contribution in [0.25, 0.3) is 0 Å². The molecule has 12 heavy (non-hydrogen) atoms. The third kappa shape index (κ3) is 3.89. The largest absolute Gasteiger partial charge is 0.480 e. The third-order valence-corrected chi connectivity index (χ3v) is 1.06. The van der Waals surface area contributed by atoms with E-state index in [-0.39, 0.29) is 0 Å². The zero-order valence-corrected chi connectivity index (χ0v) is 6.56. The summed E-state index contributed by atoms with van der Waals surface area (Å²) in [6, 6.07) is -1.24. The summed E-state index contributed by atoms with van der Waals surface area (Å²) in [5.41, 5.74) is 5.01. The molecule has 2 atom stereocenters. The van der Waals surface area contributed by atoms with Crippen molar-refractivity contribution >= 4 is 11.9 Å². The predicted octanol–water partition coefficient (Wildman–Crippen LogP) is -1.68. The van der Waals surface area contributed by atoms with Gasteiger partial charge in [0.2, 0.25) is 0 Å². The molecule has 2 unspecified atom stereocenters. The smallest absolute Gasteiger partial charge is 0.334 e. The number of hydrogen-bond acceptors (Lipinski definition) is 5. The minimum Gasteiger partial charge on any atom is -0.480 e. The lowest BCUT2D eigenvalue weighted by atomic mass is 10.3. The molecule has 0 aromatic carbocycles. The zero-order chi connectivity index (χ0) is 9.72. The number of aliphatic carboxylic acids is 1. The van der Waals surface area contributed by atoms with Crippen LogP contribution >= 0.6 is 0 Å². The number of esters is 1. The first-order chi connectivity index (χ1) is 5.45. The summed E-state index contributed by atoms with van der Waals surface area (Å²) < 4.78 is 4.33. The number of aliphatic hydroxyl groups excluding tert-OH is 1. The van der Waals surface area contributed by atoms with E-state index >= 15 is 0 Å². The second kappa shape index (κ2) is 4.68. The van der Waals surface area contributed by atoms with Crippen LogP contribution in [0.15, 0.2) is 0 Å². The summed E-state index contributed by atoms with van der Waals surface area (Å²) in [4.78, 5) is 20.7. The van der Waals surface area contributed by atoms with Crippen LogP contribution in [0.3, 0.4) is 0 Å². The van der Waals surface area contributed by atoms with Crippen LogP contribution in [0.1, 0.15) is 6.92 Å². The van der Waals surface area contributed by atoms with Crippen molar-refractivity contribution in [2.75, 3.05) is 6.61 Å². The van der Waals surface area contributed by atoms with Gasteiger partial charge in [0.05, 0.1) is 0 Å². The van der Waals surface area contributed by atoms with E-state index in [0.717, 1.165) is 0 Å². The molecule has 0 fully saturated rings. The first-order valence-corrected chi connectivity index (χ1v) is 3.28. The summed E-state index contributed by atoms with van der Waals surface area (Å²) in [5.74, 6) is -2.14. The molecule has 6 heteroatoms. The van der Waals surface area contributed by atoms with E-state index in [0.29, 0.717) is 0 Å². The Labute approximate surface area is 68.9 Å². The summed E-state index contributed by atoms with van der Waals surface area (Å²) in [7, 11) is 0. The first kappa shape index (κ1) is 10.9. The van der Waals surface area contributed by atoms with Gasteiger partial charge in [-0.25, -0.2) is 4.79 Å². The van der Waals surface area contributed by atoms with Crippen LogP contribution in [0.4, 0.5) is 0 Å². The Hall–Kier alpha value is -1.14. The van der Waals surface area contributed by atoms with E-state index in [2.05, 4.69) is 4.74 Å². The van der Waals surface area contributed by atoms with Gasteiger partial charge in [0.15, 0.2) is 0 Å². The average molecular weight is 177 g/mol. The van der Waals surface area contributed by atoms with Crippen molar-refractivity contribution in [3.63, 3.8) is 0 Å². The van der Waals surface area contributed by atoms with Crippen molar-refractivity contribution < 1.29 is 24.5 Å². The summed E-state index contributed by atoms with van der Waals surface area (Å²) in [6.45, 7) is 0.785. The van der Waals surface area contributed by atoms with Gasteiger partial charge in [-0.2, -0.15) is 0 Å². The number of aliphatic hydroxyl groups is 1. The molecule has 0 aliphatic heterocycles. The average Bonchev–Trinajstić information content (AvgIpc) is 1.98. The lowest BCUT2D eigenvalue weighted by Gasteiger charge is -2.08. The highest BCUT2D eigenvalue weighted by Gasteiger charge is 2.16. The van der Waals surface area contributed by atoms with E-state index in [9.17, 15) is 9.59 Å². The molecule has 0 aromatic heterocycles. The molecular formula is C6H11NO5. The fourth-order valence-corrected chi connectivity index (χ4v) is 0.364. The van der Waals surface area contributed by atoms with Crippen molar-refractivity contribution in [2.24, 2.45) is 5.73 Å². The van der Waals surface area contributed by atoms with Crippen molar-refractivity contribution in [3.05, 3.63) is 0 Å². The molecule has 70 valence electrons. The molecular weight excluding hydrogens is 166 g/mol. The lowest BCUT2D eigenvalue weighted by molar-refractivity contribution is -0.155. The molecule has 0 saturated heterocycles. The molecule has 0 heterocycles. The van der Waals surface area contributed by atoms with E-state index in [1.54, 1.807) is 0 Å². The normalized spacial score (nSPS) is 14.9. The Bertz CT molecular complexity index is 179. The van der Waals surface area contributed by atoms with Crippen LogP contribution in [0.5, 0.6) is 0 Å². The molecule has 0 spiro atoms. The second-order valence-corrected chi connectivity index (χ2v) is 2.25. The number of rotatable bonds is 4. The van der Waals surface area contributed by atoms with Gasteiger partial charge in [0.25, 0.3) is 0 Å². The van der Waals surface area contributed by atoms with Gasteiger partial charge < -0.3 is 20.7 Å². The lowest BCUT2D eigenvalue weighted by Crippen LogP contribution is -2.37. The van der Waals surface area contributed by atoms with Gasteiger partial charge in [-0.1, -0.05) is 0 Å². The Morgan fingerprint density at radius 1 is 1.58 bits per heavy atom. The maximum absolute atomic E-state index is 10.5. The molecule has 0 aromatic rings. The van der Waals surface area contributed by atoms with Crippen LogP contribution in [0, 0.1) is 0 Å². The fraction of sp³-hybridized carbons (Fsp3) is 0.667. The van der Waals surface area contributed by atoms with Gasteiger partial charge in [-0.05, 0) is 6.92 Å². The number of ether oxygens (including phenoxy) is 1. The second-order valence-electron chi connectivity index (χ2n) is 2.25. The highest BCUT2D eigenvalue weighted by molar-refractivity contribution is 5.76. The fourth-order valence-electron chi connectivity index (χ4n) is 0.364. The van der Waals surface area contributed by atoms with Gasteiger partial charge in [-0.15, -0.1) is 0 Å². The molecule has 0 rings (SSSR count). The standard InChI is InChI=1S/C6H11NO5/c1-3(8)6(11)12-2-4(7)5(9)10/h3-4,8H,2,7H2,1H3,(H,9,10). The summed E-state index contributed by atoms with van der Waals surface area (Å²) in [5, 5.41) is 16.9. The molecule has 0 amide bonds. The number of hydrogen-bond donors (Lipinski definition) is 3. The van der Waals surface area contributed by atoms with Gasteiger partial charge in [0.1, 0.15) is 18.8 Å². The van der Waals surface area contributed by atoms with Crippen molar-refractivity contribution in [3.8, 4) is 0 Å². The van der Waals surface area contributed by atoms with Crippen molar-refractivity contribution in [1.29, 1.82) is 0 Å². The Balaban J connectivity index is 3.69. The van der Waals surface area contributed by atoms with Crippen molar-refractivity contribution in [1.82, 2.24) is 0 Å². The monoisotopic (exact) mass is 177 g/mol. The van der Waals surface area contributed by atoms with Crippen LogP contribution in [-0.2, 0) is 14.3 Å². The molecule has 0 saturated carbocycles. The molecule has 0 bridgehead atoms. The van der Waals surface area contributed by atoms with Crippen molar-refractivity contribution in [2.45, 2.75) is 19.1 Å². The molecule has 0 radical (unpaired) electrons. The maximum Gasteiger partial charge on any atom is 0.334 e. The van der Waals surface area contributed by atoms with Crippen LogP contribution in [-0.4, -0.2) is 40.9 Å². The summed E-state index contributed by atoms with van der Waals surface area (Å²) >= 11 is 0. The number of carboxylic acid groups (broad SMARTS) is 1. The van der Waals surface area contributed by atoms with Crippen LogP contribution < -0.4 is 5.73 Å². The van der Waals surface area contributed by atoms with Gasteiger partial charge in [-0.3, -0.25) is 4.79 Å². The quantitative estimate of drug-likeness (QED) is 0.442. The topological polar surface area (TPSA) is 110 Å². The summed E-state index contributed by atoms with van der Waals surface area (Å²) in [6.07, 6.45) is -1.26. The first-order valence-electron chi connectivity index (χ1n) is 3.28. The Morgan fingerprint density at radius 2 is 2.08 bits per heavy atom. The Kier molecular flexibility index (Phi) is 4.24. The Morgan fingerprint density at radius 3 is 2.42 bits per heavy atom. The number of carboxylic acids is 1. The zero-order valence-electron chi connectivity index (χ0n) is 6.56. The molecule has 0 aliphatic carbocycles. The molecule has 4 N–H and O–H groups in total. The highest BCUT2D eigenvalue weighted by atomic mass is 16.5. The third-order valence-electron chi connectivity index (χ3n) is 1.06. The number of carbonyl (C=O) groups excluding carboxylic acids is 1. The number of nitrogens with two attached hydrogens (primary N) is 1. The van der Waals surface area contributed by atoms with Gasteiger partial charge in [0, 0.05) is 0 Å². The molecule has 6 nitrogen and oxygen atoms in total. The van der Waals surface area contributed by atoms with E-state index in [4.69, 9.17) is 15.9 Å².